The van der Waals surface area contributed by atoms with Crippen molar-refractivity contribution in [1.29, 1.82) is 0 Å². The average Bonchev–Trinajstić information content (AvgIpc) is 2.82. The third-order valence-corrected chi connectivity index (χ3v) is 3.32. The van der Waals surface area contributed by atoms with Gasteiger partial charge in [0.1, 0.15) is 0 Å². The minimum absolute atomic E-state index is 0.456. The van der Waals surface area contributed by atoms with Crippen LogP contribution in [0.1, 0.15) is 24.8 Å². The van der Waals surface area contributed by atoms with Crippen LogP contribution in [0.2, 0.25) is 0 Å². The SMILES string of the molecule is NCC(Cc1ccccc1)CC1CCCO1. The second-order valence-corrected chi connectivity index (χ2v) is 4.66. The van der Waals surface area contributed by atoms with Gasteiger partial charge in [0.05, 0.1) is 6.10 Å². The van der Waals surface area contributed by atoms with Gasteiger partial charge in [-0.3, -0.25) is 0 Å². The van der Waals surface area contributed by atoms with E-state index in [1.165, 1.54) is 18.4 Å². The Morgan fingerprint density at radius 2 is 2.12 bits per heavy atom. The zero-order chi connectivity index (χ0) is 11.2. The molecule has 1 fully saturated rings. The van der Waals surface area contributed by atoms with Crippen molar-refractivity contribution in [3.8, 4) is 0 Å². The first-order valence-corrected chi connectivity index (χ1v) is 6.24. The van der Waals surface area contributed by atoms with Gasteiger partial charge in [-0.15, -0.1) is 0 Å². The van der Waals surface area contributed by atoms with E-state index in [4.69, 9.17) is 10.5 Å². The van der Waals surface area contributed by atoms with Crippen LogP contribution in [0.3, 0.4) is 0 Å². The van der Waals surface area contributed by atoms with Crippen LogP contribution in [0.15, 0.2) is 30.3 Å². The molecule has 2 heteroatoms. The quantitative estimate of drug-likeness (QED) is 0.825. The number of nitrogens with two attached hydrogens (primary N) is 1. The average molecular weight is 219 g/mol. The molecule has 16 heavy (non-hydrogen) atoms. The Morgan fingerprint density at radius 1 is 1.31 bits per heavy atom. The highest BCUT2D eigenvalue weighted by molar-refractivity contribution is 5.15. The van der Waals surface area contributed by atoms with Crippen LogP contribution >= 0.6 is 0 Å². The lowest BCUT2D eigenvalue weighted by molar-refractivity contribution is 0.0905. The number of hydrogen-bond acceptors (Lipinski definition) is 2. The third kappa shape index (κ3) is 3.32. The standard InChI is InChI=1S/C14H21NO/c15-11-13(10-14-7-4-8-16-14)9-12-5-2-1-3-6-12/h1-3,5-6,13-14H,4,7-11,15H2. The largest absolute Gasteiger partial charge is 0.378 e. The highest BCUT2D eigenvalue weighted by atomic mass is 16.5. The maximum atomic E-state index is 5.84. The molecule has 2 N–H and O–H groups in total. The number of ether oxygens (including phenoxy) is 1. The molecule has 0 saturated carbocycles. The van der Waals surface area contributed by atoms with Crippen molar-refractivity contribution in [3.63, 3.8) is 0 Å². The van der Waals surface area contributed by atoms with Crippen molar-refractivity contribution in [2.45, 2.75) is 31.8 Å². The Balaban J connectivity index is 1.85. The molecule has 1 saturated heterocycles. The maximum Gasteiger partial charge on any atom is 0.0579 e. The van der Waals surface area contributed by atoms with Crippen molar-refractivity contribution in [2.24, 2.45) is 11.7 Å². The molecular weight excluding hydrogens is 198 g/mol. The highest BCUT2D eigenvalue weighted by Gasteiger charge is 2.20. The van der Waals surface area contributed by atoms with E-state index in [1.807, 2.05) is 0 Å². The molecule has 1 aliphatic heterocycles. The third-order valence-electron chi connectivity index (χ3n) is 3.32. The Hall–Kier alpha value is -0.860. The molecule has 1 heterocycles. The molecule has 2 nitrogen and oxygen atoms in total. The summed E-state index contributed by atoms with van der Waals surface area (Å²) in [5, 5.41) is 0. The lowest BCUT2D eigenvalue weighted by atomic mass is 9.93. The fraction of sp³-hybridized carbons (Fsp3) is 0.571. The van der Waals surface area contributed by atoms with Crippen LogP contribution < -0.4 is 5.73 Å². The van der Waals surface area contributed by atoms with Crippen LogP contribution in [0.25, 0.3) is 0 Å². The normalized spacial score (nSPS) is 22.2. The molecule has 0 aromatic heterocycles. The maximum absolute atomic E-state index is 5.84. The summed E-state index contributed by atoms with van der Waals surface area (Å²) in [6.07, 6.45) is 5.08. The van der Waals surface area contributed by atoms with Crippen molar-refractivity contribution in [3.05, 3.63) is 35.9 Å². The van der Waals surface area contributed by atoms with Gasteiger partial charge in [0, 0.05) is 6.61 Å². The van der Waals surface area contributed by atoms with Gasteiger partial charge in [-0.05, 0) is 43.7 Å². The Bertz CT molecular complexity index is 293. The van der Waals surface area contributed by atoms with Gasteiger partial charge >= 0.3 is 0 Å². The van der Waals surface area contributed by atoms with Gasteiger partial charge < -0.3 is 10.5 Å². The summed E-state index contributed by atoms with van der Waals surface area (Å²) in [6, 6.07) is 10.6. The van der Waals surface area contributed by atoms with Crippen LogP contribution in [-0.4, -0.2) is 19.3 Å². The second kappa shape index (κ2) is 6.02. The minimum atomic E-state index is 0.456. The zero-order valence-electron chi connectivity index (χ0n) is 9.77. The molecule has 0 amide bonds. The van der Waals surface area contributed by atoms with E-state index in [0.29, 0.717) is 12.0 Å². The summed E-state index contributed by atoms with van der Waals surface area (Å²) < 4.78 is 5.67. The summed E-state index contributed by atoms with van der Waals surface area (Å²) in [5.74, 6) is 0.561. The minimum Gasteiger partial charge on any atom is -0.378 e. The molecule has 2 unspecified atom stereocenters. The molecule has 1 aromatic carbocycles. The monoisotopic (exact) mass is 219 g/mol. The van der Waals surface area contributed by atoms with Crippen molar-refractivity contribution >= 4 is 0 Å². The number of hydrogen-bond donors (Lipinski definition) is 1. The van der Waals surface area contributed by atoms with Crippen molar-refractivity contribution in [2.75, 3.05) is 13.2 Å². The second-order valence-electron chi connectivity index (χ2n) is 4.66. The summed E-state index contributed by atoms with van der Waals surface area (Å²) in [5.41, 5.74) is 7.23. The fourth-order valence-electron chi connectivity index (χ4n) is 2.41. The predicted octanol–water partition coefficient (Wildman–Crippen LogP) is 2.37. The van der Waals surface area contributed by atoms with Crippen LogP contribution in [0, 0.1) is 5.92 Å². The zero-order valence-corrected chi connectivity index (χ0v) is 9.77. The van der Waals surface area contributed by atoms with Crippen molar-refractivity contribution < 1.29 is 4.74 Å². The van der Waals surface area contributed by atoms with Gasteiger partial charge in [-0.25, -0.2) is 0 Å². The lowest BCUT2D eigenvalue weighted by Gasteiger charge is -2.18. The number of benzene rings is 1. The molecular formula is C14H21NO. The van der Waals surface area contributed by atoms with Crippen LogP contribution in [0.5, 0.6) is 0 Å². The van der Waals surface area contributed by atoms with E-state index in [1.54, 1.807) is 0 Å². The van der Waals surface area contributed by atoms with Crippen LogP contribution in [-0.2, 0) is 11.2 Å². The van der Waals surface area contributed by atoms with Gasteiger partial charge in [-0.2, -0.15) is 0 Å². The lowest BCUT2D eigenvalue weighted by Crippen LogP contribution is -2.22. The van der Waals surface area contributed by atoms with Crippen molar-refractivity contribution in [1.82, 2.24) is 0 Å². The van der Waals surface area contributed by atoms with E-state index in [0.717, 1.165) is 26.0 Å². The summed E-state index contributed by atoms with van der Waals surface area (Å²) in [6.45, 7) is 1.70. The van der Waals surface area contributed by atoms with E-state index < -0.39 is 0 Å². The summed E-state index contributed by atoms with van der Waals surface area (Å²) in [4.78, 5) is 0. The first-order valence-electron chi connectivity index (χ1n) is 6.24. The van der Waals surface area contributed by atoms with Gasteiger partial charge in [-0.1, -0.05) is 30.3 Å². The number of rotatable bonds is 5. The molecule has 0 aliphatic carbocycles. The van der Waals surface area contributed by atoms with E-state index in [2.05, 4.69) is 30.3 Å². The van der Waals surface area contributed by atoms with E-state index in [9.17, 15) is 0 Å². The van der Waals surface area contributed by atoms with Gasteiger partial charge in [0.15, 0.2) is 0 Å². The molecule has 1 aromatic rings. The molecule has 0 spiro atoms. The van der Waals surface area contributed by atoms with Gasteiger partial charge in [0.25, 0.3) is 0 Å². The molecule has 0 bridgehead atoms. The predicted molar refractivity (Wildman–Crippen MR) is 66.3 cm³/mol. The molecule has 2 rings (SSSR count). The van der Waals surface area contributed by atoms with Crippen LogP contribution in [0.4, 0.5) is 0 Å². The first kappa shape index (κ1) is 11.6. The topological polar surface area (TPSA) is 35.2 Å². The van der Waals surface area contributed by atoms with Gasteiger partial charge in [0.2, 0.25) is 0 Å². The van der Waals surface area contributed by atoms with E-state index >= 15 is 0 Å². The molecule has 1 aliphatic rings. The Morgan fingerprint density at radius 3 is 2.75 bits per heavy atom. The Kier molecular flexibility index (Phi) is 4.37. The highest BCUT2D eigenvalue weighted by Crippen LogP contribution is 2.21. The molecule has 88 valence electrons. The Labute approximate surface area is 97.8 Å². The first-order chi connectivity index (χ1) is 7.88. The molecule has 0 radical (unpaired) electrons. The smallest absolute Gasteiger partial charge is 0.0579 e. The van der Waals surface area contributed by atoms with E-state index in [-0.39, 0.29) is 0 Å². The summed E-state index contributed by atoms with van der Waals surface area (Å²) >= 11 is 0. The fourth-order valence-corrected chi connectivity index (χ4v) is 2.41. The summed E-state index contributed by atoms with van der Waals surface area (Å²) in [7, 11) is 0. The molecule has 2 atom stereocenters.